The molecule has 2 aromatic rings. The highest BCUT2D eigenvalue weighted by atomic mass is 35.5. The van der Waals surface area contributed by atoms with Crippen molar-refractivity contribution in [2.75, 3.05) is 5.75 Å². The van der Waals surface area contributed by atoms with E-state index in [2.05, 4.69) is 5.43 Å². The Bertz CT molecular complexity index is 461. The number of furan rings is 1. The summed E-state index contributed by atoms with van der Waals surface area (Å²) in [5.41, 5.74) is 3.82. The maximum Gasteiger partial charge on any atom is 0.0951 e. The Labute approximate surface area is 109 Å². The van der Waals surface area contributed by atoms with Gasteiger partial charge in [-0.15, -0.1) is 11.8 Å². The van der Waals surface area contributed by atoms with E-state index in [1.807, 2.05) is 30.3 Å². The second-order valence-corrected chi connectivity index (χ2v) is 5.07. The van der Waals surface area contributed by atoms with Crippen LogP contribution in [-0.2, 0) is 0 Å². The van der Waals surface area contributed by atoms with Gasteiger partial charge in [-0.1, -0.05) is 17.7 Å². The Morgan fingerprint density at radius 1 is 1.41 bits per heavy atom. The van der Waals surface area contributed by atoms with E-state index in [-0.39, 0.29) is 6.04 Å². The lowest BCUT2D eigenvalue weighted by molar-refractivity contribution is 0.548. The smallest absolute Gasteiger partial charge is 0.0951 e. The number of thioether (sulfide) groups is 1. The van der Waals surface area contributed by atoms with Crippen molar-refractivity contribution >= 4 is 23.4 Å². The van der Waals surface area contributed by atoms with Crippen LogP contribution in [0.1, 0.15) is 11.6 Å². The first-order chi connectivity index (χ1) is 8.29. The Morgan fingerprint density at radius 3 is 2.94 bits per heavy atom. The van der Waals surface area contributed by atoms with Crippen molar-refractivity contribution in [2.24, 2.45) is 5.84 Å². The molecular formula is C12H13ClN2OS. The average Bonchev–Trinajstić information content (AvgIpc) is 2.84. The molecule has 0 bridgehead atoms. The zero-order valence-electron chi connectivity index (χ0n) is 9.10. The first-order valence-electron chi connectivity index (χ1n) is 5.16. The molecule has 1 aromatic carbocycles. The van der Waals surface area contributed by atoms with Gasteiger partial charge in [0.05, 0.1) is 18.6 Å². The quantitative estimate of drug-likeness (QED) is 0.497. The van der Waals surface area contributed by atoms with E-state index in [1.165, 1.54) is 0 Å². The summed E-state index contributed by atoms with van der Waals surface area (Å²) in [7, 11) is 0. The lowest BCUT2D eigenvalue weighted by Gasteiger charge is -2.13. The van der Waals surface area contributed by atoms with Crippen LogP contribution in [0.4, 0.5) is 0 Å². The largest absolute Gasteiger partial charge is 0.472 e. The highest BCUT2D eigenvalue weighted by molar-refractivity contribution is 7.99. The predicted molar refractivity (Wildman–Crippen MR) is 70.9 cm³/mol. The normalized spacial score (nSPS) is 12.6. The zero-order chi connectivity index (χ0) is 12.1. The maximum absolute atomic E-state index is 5.92. The van der Waals surface area contributed by atoms with E-state index < -0.39 is 0 Å². The summed E-state index contributed by atoms with van der Waals surface area (Å²) in [4.78, 5) is 1.13. The third-order valence-electron chi connectivity index (χ3n) is 2.36. The molecule has 0 saturated carbocycles. The SMILES string of the molecule is NNC(CSc1cccc(Cl)c1)c1ccoc1. The van der Waals surface area contributed by atoms with Crippen molar-refractivity contribution in [1.82, 2.24) is 5.43 Å². The van der Waals surface area contributed by atoms with Crippen LogP contribution in [0.5, 0.6) is 0 Å². The third kappa shape index (κ3) is 3.51. The molecule has 0 spiro atoms. The van der Waals surface area contributed by atoms with Crippen molar-refractivity contribution < 1.29 is 4.42 Å². The number of hydrazine groups is 1. The molecule has 0 saturated heterocycles. The number of hydrogen-bond donors (Lipinski definition) is 2. The van der Waals surface area contributed by atoms with Crippen LogP contribution >= 0.6 is 23.4 Å². The standard InChI is InChI=1S/C12H13ClN2OS/c13-10-2-1-3-11(6-10)17-8-12(15-14)9-4-5-16-7-9/h1-7,12,15H,8,14H2. The molecule has 0 fully saturated rings. The molecule has 90 valence electrons. The van der Waals surface area contributed by atoms with Gasteiger partial charge in [-0.2, -0.15) is 0 Å². The van der Waals surface area contributed by atoms with Gasteiger partial charge in [-0.3, -0.25) is 11.3 Å². The highest BCUT2D eigenvalue weighted by Gasteiger charge is 2.11. The summed E-state index contributed by atoms with van der Waals surface area (Å²) in [5, 5.41) is 0.746. The summed E-state index contributed by atoms with van der Waals surface area (Å²) in [6, 6.07) is 9.74. The van der Waals surface area contributed by atoms with Crippen LogP contribution in [-0.4, -0.2) is 5.75 Å². The Kier molecular flexibility index (Phi) is 4.50. The lowest BCUT2D eigenvalue weighted by atomic mass is 10.2. The van der Waals surface area contributed by atoms with Gasteiger partial charge in [-0.25, -0.2) is 0 Å². The summed E-state index contributed by atoms with van der Waals surface area (Å²) >= 11 is 7.62. The number of rotatable bonds is 5. The molecule has 5 heteroatoms. The molecule has 1 unspecified atom stereocenters. The second-order valence-electron chi connectivity index (χ2n) is 3.54. The number of halogens is 1. The van der Waals surface area contributed by atoms with Crippen LogP contribution in [0.3, 0.4) is 0 Å². The average molecular weight is 269 g/mol. The lowest BCUT2D eigenvalue weighted by Crippen LogP contribution is -2.29. The minimum atomic E-state index is 0.0673. The second kappa shape index (κ2) is 6.12. The first kappa shape index (κ1) is 12.5. The van der Waals surface area contributed by atoms with Crippen molar-refractivity contribution in [2.45, 2.75) is 10.9 Å². The van der Waals surface area contributed by atoms with E-state index >= 15 is 0 Å². The van der Waals surface area contributed by atoms with Gasteiger partial charge >= 0.3 is 0 Å². The third-order valence-corrected chi connectivity index (χ3v) is 3.68. The Hall–Kier alpha value is -0.940. The summed E-state index contributed by atoms with van der Waals surface area (Å²) < 4.78 is 5.04. The van der Waals surface area contributed by atoms with Gasteiger partial charge < -0.3 is 4.42 Å². The first-order valence-corrected chi connectivity index (χ1v) is 6.52. The highest BCUT2D eigenvalue weighted by Crippen LogP contribution is 2.26. The minimum Gasteiger partial charge on any atom is -0.472 e. The molecule has 0 aliphatic carbocycles. The molecule has 17 heavy (non-hydrogen) atoms. The minimum absolute atomic E-state index is 0.0673. The van der Waals surface area contributed by atoms with Crippen molar-refractivity contribution in [3.05, 3.63) is 53.4 Å². The molecule has 3 N–H and O–H groups in total. The van der Waals surface area contributed by atoms with Crippen molar-refractivity contribution in [1.29, 1.82) is 0 Å². The molecule has 1 atom stereocenters. The van der Waals surface area contributed by atoms with Crippen LogP contribution < -0.4 is 11.3 Å². The van der Waals surface area contributed by atoms with Gasteiger partial charge in [0.15, 0.2) is 0 Å². The molecule has 1 aromatic heterocycles. The fraction of sp³-hybridized carbons (Fsp3) is 0.167. The Morgan fingerprint density at radius 2 is 2.29 bits per heavy atom. The van der Waals surface area contributed by atoms with Gasteiger partial charge in [0, 0.05) is 21.2 Å². The van der Waals surface area contributed by atoms with Gasteiger partial charge in [0.25, 0.3) is 0 Å². The summed E-state index contributed by atoms with van der Waals surface area (Å²) in [6.45, 7) is 0. The molecule has 0 radical (unpaired) electrons. The predicted octanol–water partition coefficient (Wildman–Crippen LogP) is 3.23. The molecule has 0 aliphatic rings. The fourth-order valence-electron chi connectivity index (χ4n) is 1.45. The van der Waals surface area contributed by atoms with E-state index in [1.54, 1.807) is 24.3 Å². The van der Waals surface area contributed by atoms with Crippen LogP contribution in [0, 0.1) is 0 Å². The van der Waals surface area contributed by atoms with Crippen LogP contribution in [0.15, 0.2) is 52.2 Å². The number of benzene rings is 1. The monoisotopic (exact) mass is 268 g/mol. The van der Waals surface area contributed by atoms with E-state index in [0.29, 0.717) is 0 Å². The summed E-state index contributed by atoms with van der Waals surface area (Å²) in [6.07, 6.45) is 3.34. The van der Waals surface area contributed by atoms with E-state index in [4.69, 9.17) is 21.9 Å². The number of nitrogens with one attached hydrogen (secondary N) is 1. The molecule has 3 nitrogen and oxygen atoms in total. The van der Waals surface area contributed by atoms with Crippen molar-refractivity contribution in [3.8, 4) is 0 Å². The van der Waals surface area contributed by atoms with E-state index in [0.717, 1.165) is 21.2 Å². The molecular weight excluding hydrogens is 256 g/mol. The number of nitrogens with two attached hydrogens (primary N) is 1. The van der Waals surface area contributed by atoms with Gasteiger partial charge in [0.2, 0.25) is 0 Å². The molecule has 0 amide bonds. The number of hydrogen-bond acceptors (Lipinski definition) is 4. The van der Waals surface area contributed by atoms with Crippen molar-refractivity contribution in [3.63, 3.8) is 0 Å². The van der Waals surface area contributed by atoms with Gasteiger partial charge in [0.1, 0.15) is 0 Å². The fourth-order valence-corrected chi connectivity index (χ4v) is 2.74. The summed E-state index contributed by atoms with van der Waals surface area (Å²) in [5.74, 6) is 6.34. The van der Waals surface area contributed by atoms with Crippen LogP contribution in [0.25, 0.3) is 0 Å². The maximum atomic E-state index is 5.92. The molecule has 2 rings (SSSR count). The topological polar surface area (TPSA) is 51.2 Å². The zero-order valence-corrected chi connectivity index (χ0v) is 10.7. The van der Waals surface area contributed by atoms with Crippen LogP contribution in [0.2, 0.25) is 5.02 Å². The van der Waals surface area contributed by atoms with E-state index in [9.17, 15) is 0 Å². The van der Waals surface area contributed by atoms with Gasteiger partial charge in [-0.05, 0) is 24.3 Å². The molecule has 0 aliphatic heterocycles. The Balaban J connectivity index is 1.97. The molecule has 1 heterocycles.